The zero-order valence-corrected chi connectivity index (χ0v) is 13.0. The zero-order valence-electron chi connectivity index (χ0n) is 12.2. The highest BCUT2D eigenvalue weighted by atomic mass is 35.5. The molecule has 1 heterocycles. The summed E-state index contributed by atoms with van der Waals surface area (Å²) in [7, 11) is 1.91. The van der Waals surface area contributed by atoms with Gasteiger partial charge in [0.05, 0.1) is 28.6 Å². The van der Waals surface area contributed by atoms with E-state index in [0.717, 1.165) is 29.3 Å². The third-order valence-electron chi connectivity index (χ3n) is 3.36. The first-order valence-electron chi connectivity index (χ1n) is 6.86. The second kappa shape index (κ2) is 7.85. The first kappa shape index (κ1) is 16.4. The van der Waals surface area contributed by atoms with Gasteiger partial charge < -0.3 is 4.74 Å². The summed E-state index contributed by atoms with van der Waals surface area (Å²) in [6.07, 6.45) is 2.51. The fraction of sp³-hybridized carbons (Fsp3) is 0.769. The Kier molecular flexibility index (Phi) is 6.79. The Hall–Kier alpha value is -0.620. The standard InChI is InChI=1S/C13H25ClN4O/c1-5-9-13(14)11(18(4)17-9)8-10(16-15)12(6-2)19-7-3/h10,12,16H,5-8,15H2,1-4H3. The quantitative estimate of drug-likeness (QED) is 0.566. The molecule has 0 aliphatic heterocycles. The summed E-state index contributed by atoms with van der Waals surface area (Å²) in [5.74, 6) is 5.66. The van der Waals surface area contributed by atoms with Gasteiger partial charge in [0.15, 0.2) is 0 Å². The van der Waals surface area contributed by atoms with Crippen molar-refractivity contribution < 1.29 is 4.74 Å². The van der Waals surface area contributed by atoms with Gasteiger partial charge in [0.2, 0.25) is 0 Å². The fourth-order valence-corrected chi connectivity index (χ4v) is 2.65. The molecule has 0 aromatic carbocycles. The van der Waals surface area contributed by atoms with E-state index in [1.165, 1.54) is 0 Å². The molecular formula is C13H25ClN4O. The number of nitrogens with one attached hydrogen (secondary N) is 1. The SMILES string of the molecule is CCOC(CC)C(Cc1c(Cl)c(CC)nn1C)NN. The topological polar surface area (TPSA) is 65.1 Å². The van der Waals surface area contributed by atoms with Crippen LogP contribution in [0.5, 0.6) is 0 Å². The molecule has 110 valence electrons. The van der Waals surface area contributed by atoms with Gasteiger partial charge in [-0.15, -0.1) is 0 Å². The summed E-state index contributed by atoms with van der Waals surface area (Å²) < 4.78 is 7.55. The van der Waals surface area contributed by atoms with E-state index in [9.17, 15) is 0 Å². The lowest BCUT2D eigenvalue weighted by Gasteiger charge is -2.25. The lowest BCUT2D eigenvalue weighted by atomic mass is 10.0. The molecule has 0 bridgehead atoms. The van der Waals surface area contributed by atoms with Gasteiger partial charge in [-0.05, 0) is 19.8 Å². The molecule has 0 saturated carbocycles. The minimum Gasteiger partial charge on any atom is -0.377 e. The summed E-state index contributed by atoms with van der Waals surface area (Å²) in [6, 6.07) is 0.0301. The van der Waals surface area contributed by atoms with Crippen LogP contribution in [0.3, 0.4) is 0 Å². The van der Waals surface area contributed by atoms with Crippen LogP contribution in [0.2, 0.25) is 5.02 Å². The summed E-state index contributed by atoms with van der Waals surface area (Å²) in [5, 5.41) is 5.17. The van der Waals surface area contributed by atoms with E-state index in [1.54, 1.807) is 0 Å². The molecule has 0 saturated heterocycles. The molecule has 0 aliphatic carbocycles. The lowest BCUT2D eigenvalue weighted by molar-refractivity contribution is 0.0315. The second-order valence-electron chi connectivity index (χ2n) is 4.56. The molecular weight excluding hydrogens is 264 g/mol. The van der Waals surface area contributed by atoms with Crippen LogP contribution in [-0.4, -0.2) is 28.5 Å². The molecule has 0 amide bonds. The van der Waals surface area contributed by atoms with E-state index in [1.807, 2.05) is 25.6 Å². The van der Waals surface area contributed by atoms with Gasteiger partial charge >= 0.3 is 0 Å². The average molecular weight is 289 g/mol. The largest absolute Gasteiger partial charge is 0.377 e. The Morgan fingerprint density at radius 2 is 2.11 bits per heavy atom. The highest BCUT2D eigenvalue weighted by molar-refractivity contribution is 6.31. The molecule has 2 unspecified atom stereocenters. The number of rotatable bonds is 8. The molecule has 2 atom stereocenters. The Morgan fingerprint density at radius 3 is 2.53 bits per heavy atom. The van der Waals surface area contributed by atoms with Gasteiger partial charge in [-0.1, -0.05) is 25.4 Å². The molecule has 5 nitrogen and oxygen atoms in total. The first-order chi connectivity index (χ1) is 9.08. The minimum atomic E-state index is 0.0301. The Balaban J connectivity index is 2.88. The number of hydrazine groups is 1. The second-order valence-corrected chi connectivity index (χ2v) is 4.94. The van der Waals surface area contributed by atoms with Crippen molar-refractivity contribution in [3.05, 3.63) is 16.4 Å². The average Bonchev–Trinajstić information content (AvgIpc) is 2.69. The Morgan fingerprint density at radius 1 is 1.42 bits per heavy atom. The van der Waals surface area contributed by atoms with Crippen molar-refractivity contribution in [3.8, 4) is 0 Å². The number of hydrogen-bond acceptors (Lipinski definition) is 4. The smallest absolute Gasteiger partial charge is 0.0850 e. The van der Waals surface area contributed by atoms with Crippen molar-refractivity contribution >= 4 is 11.6 Å². The van der Waals surface area contributed by atoms with Crippen molar-refractivity contribution in [2.45, 2.75) is 52.2 Å². The maximum Gasteiger partial charge on any atom is 0.0850 e. The molecule has 0 spiro atoms. The predicted molar refractivity (Wildman–Crippen MR) is 78.1 cm³/mol. The number of hydrogen-bond donors (Lipinski definition) is 2. The lowest BCUT2D eigenvalue weighted by Crippen LogP contribution is -2.46. The normalized spacial score (nSPS) is 14.6. The minimum absolute atomic E-state index is 0.0301. The van der Waals surface area contributed by atoms with E-state index in [2.05, 4.69) is 17.4 Å². The zero-order chi connectivity index (χ0) is 14.4. The summed E-state index contributed by atoms with van der Waals surface area (Å²) in [5.41, 5.74) is 4.77. The van der Waals surface area contributed by atoms with Crippen LogP contribution in [0, 0.1) is 0 Å². The Labute approximate surface area is 120 Å². The number of halogens is 1. The third-order valence-corrected chi connectivity index (χ3v) is 3.80. The predicted octanol–water partition coefficient (Wildman–Crippen LogP) is 1.83. The molecule has 1 aromatic rings. The van der Waals surface area contributed by atoms with Gasteiger partial charge in [0.1, 0.15) is 0 Å². The van der Waals surface area contributed by atoms with E-state index < -0.39 is 0 Å². The van der Waals surface area contributed by atoms with Gasteiger partial charge in [0, 0.05) is 20.1 Å². The van der Waals surface area contributed by atoms with Crippen molar-refractivity contribution in [2.24, 2.45) is 12.9 Å². The highest BCUT2D eigenvalue weighted by Crippen LogP contribution is 2.23. The molecule has 0 aliphatic rings. The summed E-state index contributed by atoms with van der Waals surface area (Å²) in [4.78, 5) is 0. The molecule has 3 N–H and O–H groups in total. The number of nitrogens with zero attached hydrogens (tertiary/aromatic N) is 2. The molecule has 1 rings (SSSR count). The highest BCUT2D eigenvalue weighted by Gasteiger charge is 2.23. The number of aryl methyl sites for hydroxylation is 2. The van der Waals surface area contributed by atoms with E-state index in [-0.39, 0.29) is 12.1 Å². The van der Waals surface area contributed by atoms with Crippen LogP contribution in [0.1, 0.15) is 38.6 Å². The number of nitrogens with two attached hydrogens (primary N) is 1. The maximum absolute atomic E-state index is 6.36. The molecule has 1 aromatic heterocycles. The third kappa shape index (κ3) is 3.92. The van der Waals surface area contributed by atoms with Crippen LogP contribution >= 0.6 is 11.6 Å². The van der Waals surface area contributed by atoms with Crippen molar-refractivity contribution in [1.82, 2.24) is 15.2 Å². The fourth-order valence-electron chi connectivity index (χ4n) is 2.28. The van der Waals surface area contributed by atoms with E-state index in [0.29, 0.717) is 13.0 Å². The maximum atomic E-state index is 6.36. The van der Waals surface area contributed by atoms with Gasteiger partial charge in [-0.3, -0.25) is 16.0 Å². The molecule has 6 heteroatoms. The molecule has 19 heavy (non-hydrogen) atoms. The van der Waals surface area contributed by atoms with Gasteiger partial charge in [-0.25, -0.2) is 0 Å². The van der Waals surface area contributed by atoms with Crippen molar-refractivity contribution in [1.29, 1.82) is 0 Å². The van der Waals surface area contributed by atoms with Gasteiger partial charge in [0.25, 0.3) is 0 Å². The number of aromatic nitrogens is 2. The van der Waals surface area contributed by atoms with E-state index in [4.69, 9.17) is 22.2 Å². The van der Waals surface area contributed by atoms with Crippen LogP contribution in [0.15, 0.2) is 0 Å². The monoisotopic (exact) mass is 288 g/mol. The van der Waals surface area contributed by atoms with E-state index >= 15 is 0 Å². The molecule has 0 radical (unpaired) electrons. The molecule has 0 fully saturated rings. The van der Waals surface area contributed by atoms with Crippen LogP contribution < -0.4 is 11.3 Å². The Bertz CT molecular complexity index is 394. The first-order valence-corrected chi connectivity index (χ1v) is 7.24. The van der Waals surface area contributed by atoms with Gasteiger partial charge in [-0.2, -0.15) is 5.10 Å². The van der Waals surface area contributed by atoms with Crippen LogP contribution in [0.25, 0.3) is 0 Å². The summed E-state index contributed by atoms with van der Waals surface area (Å²) >= 11 is 6.36. The van der Waals surface area contributed by atoms with Crippen LogP contribution in [-0.2, 0) is 24.6 Å². The van der Waals surface area contributed by atoms with Crippen molar-refractivity contribution in [2.75, 3.05) is 6.61 Å². The van der Waals surface area contributed by atoms with Crippen LogP contribution in [0.4, 0.5) is 0 Å². The van der Waals surface area contributed by atoms with Crippen molar-refractivity contribution in [3.63, 3.8) is 0 Å². The number of ether oxygens (including phenoxy) is 1. The summed E-state index contributed by atoms with van der Waals surface area (Å²) in [6.45, 7) is 6.80.